The van der Waals surface area contributed by atoms with Gasteiger partial charge in [0, 0.05) is 10.5 Å². The molecule has 0 atom stereocenters. The van der Waals surface area contributed by atoms with E-state index in [9.17, 15) is 14.4 Å². The summed E-state index contributed by atoms with van der Waals surface area (Å²) in [6.45, 7) is 3.64. The number of carbonyl (C=O) groups is 3. The van der Waals surface area contributed by atoms with E-state index >= 15 is 0 Å². The van der Waals surface area contributed by atoms with Gasteiger partial charge in [-0.25, -0.2) is 9.59 Å². The first-order valence-electron chi connectivity index (χ1n) is 7.77. The van der Waals surface area contributed by atoms with Gasteiger partial charge in [-0.05, 0) is 36.4 Å². The van der Waals surface area contributed by atoms with Crippen LogP contribution >= 0.6 is 23.1 Å². The minimum absolute atomic E-state index is 0.158. The van der Waals surface area contributed by atoms with Gasteiger partial charge in [0.05, 0.1) is 19.8 Å². The molecule has 1 heterocycles. The number of methoxy groups -OCH3 is 2. The Labute approximate surface area is 159 Å². The van der Waals surface area contributed by atoms with E-state index in [0.29, 0.717) is 11.1 Å². The van der Waals surface area contributed by atoms with Crippen LogP contribution in [0.5, 0.6) is 0 Å². The van der Waals surface area contributed by atoms with Crippen LogP contribution in [0, 0.1) is 6.92 Å². The molecule has 0 radical (unpaired) electrons. The molecule has 0 aliphatic rings. The number of anilines is 1. The second kappa shape index (κ2) is 8.86. The van der Waals surface area contributed by atoms with E-state index in [1.165, 1.54) is 14.2 Å². The molecule has 0 fully saturated rings. The summed E-state index contributed by atoms with van der Waals surface area (Å²) in [6.07, 6.45) is 0. The highest BCUT2D eigenvalue weighted by atomic mass is 32.2. The van der Waals surface area contributed by atoms with Crippen LogP contribution < -0.4 is 5.32 Å². The molecule has 138 valence electrons. The molecule has 1 aromatic heterocycles. The van der Waals surface area contributed by atoms with Gasteiger partial charge in [0.25, 0.3) is 5.91 Å². The van der Waals surface area contributed by atoms with E-state index in [1.54, 1.807) is 36.9 Å². The predicted octanol–water partition coefficient (Wildman–Crippen LogP) is 3.99. The summed E-state index contributed by atoms with van der Waals surface area (Å²) in [4.78, 5) is 37.9. The molecule has 2 aromatic rings. The van der Waals surface area contributed by atoms with Crippen LogP contribution in [-0.4, -0.2) is 37.8 Å². The molecule has 0 spiro atoms. The average molecular weight is 393 g/mol. The molecule has 26 heavy (non-hydrogen) atoms. The molecule has 0 saturated heterocycles. The fourth-order valence-corrected chi connectivity index (χ4v) is 4.13. The van der Waals surface area contributed by atoms with Gasteiger partial charge < -0.3 is 14.8 Å². The molecule has 0 aliphatic carbocycles. The second-order valence-electron chi connectivity index (χ2n) is 5.16. The van der Waals surface area contributed by atoms with Gasteiger partial charge in [0.2, 0.25) is 0 Å². The Morgan fingerprint density at radius 3 is 2.46 bits per heavy atom. The normalized spacial score (nSPS) is 10.3. The Morgan fingerprint density at radius 2 is 1.85 bits per heavy atom. The highest BCUT2D eigenvalue weighted by Crippen LogP contribution is 2.34. The van der Waals surface area contributed by atoms with E-state index in [-0.39, 0.29) is 21.3 Å². The van der Waals surface area contributed by atoms with Gasteiger partial charge in [-0.3, -0.25) is 4.79 Å². The van der Waals surface area contributed by atoms with Gasteiger partial charge in [-0.2, -0.15) is 0 Å². The maximum atomic E-state index is 12.6. The molecular weight excluding hydrogens is 374 g/mol. The molecule has 0 aliphatic heterocycles. The van der Waals surface area contributed by atoms with Crippen molar-refractivity contribution in [1.29, 1.82) is 0 Å². The van der Waals surface area contributed by atoms with Crippen molar-refractivity contribution in [3.05, 3.63) is 45.8 Å². The lowest BCUT2D eigenvalue weighted by Gasteiger charge is -2.07. The lowest BCUT2D eigenvalue weighted by atomic mass is 10.1. The summed E-state index contributed by atoms with van der Waals surface area (Å²) in [6, 6.07) is 7.20. The zero-order valence-corrected chi connectivity index (χ0v) is 16.5. The highest BCUT2D eigenvalue weighted by molar-refractivity contribution is 7.99. The quantitative estimate of drug-likeness (QED) is 0.590. The number of ether oxygens (including phenoxy) is 2. The second-order valence-corrected chi connectivity index (χ2v) is 7.52. The minimum atomic E-state index is -0.625. The van der Waals surface area contributed by atoms with Crippen LogP contribution in [0.2, 0.25) is 0 Å². The van der Waals surface area contributed by atoms with Crippen molar-refractivity contribution in [2.45, 2.75) is 18.7 Å². The number of esters is 2. The maximum absolute atomic E-state index is 12.6. The van der Waals surface area contributed by atoms with Gasteiger partial charge >= 0.3 is 11.9 Å². The molecule has 6 nitrogen and oxygen atoms in total. The predicted molar refractivity (Wildman–Crippen MR) is 103 cm³/mol. The molecule has 8 heteroatoms. The van der Waals surface area contributed by atoms with Crippen molar-refractivity contribution in [3.8, 4) is 0 Å². The number of hydrogen-bond donors (Lipinski definition) is 1. The lowest BCUT2D eigenvalue weighted by molar-refractivity contribution is 0.0601. The van der Waals surface area contributed by atoms with Crippen LogP contribution in [-0.2, 0) is 9.47 Å². The number of hydrogen-bond acceptors (Lipinski definition) is 7. The summed E-state index contributed by atoms with van der Waals surface area (Å²) in [5, 5.41) is 2.97. The van der Waals surface area contributed by atoms with E-state index in [2.05, 4.69) is 5.32 Å². The fraction of sp³-hybridized carbons (Fsp3) is 0.278. The first kappa shape index (κ1) is 20.0. The van der Waals surface area contributed by atoms with Gasteiger partial charge in [-0.1, -0.05) is 13.0 Å². The summed E-state index contributed by atoms with van der Waals surface area (Å²) in [5.41, 5.74) is 1.04. The SMILES string of the molecule is CCSc1cccc(C(=O)Nc2sc(C(=O)OC)c(C)c2C(=O)OC)c1. The monoisotopic (exact) mass is 393 g/mol. The summed E-state index contributed by atoms with van der Waals surface area (Å²) >= 11 is 2.61. The lowest BCUT2D eigenvalue weighted by Crippen LogP contribution is -2.14. The Bertz CT molecular complexity index is 844. The Morgan fingerprint density at radius 1 is 1.15 bits per heavy atom. The number of rotatable bonds is 6. The third-order valence-corrected chi connectivity index (χ3v) is 5.60. The van der Waals surface area contributed by atoms with Gasteiger partial charge in [0.15, 0.2) is 0 Å². The summed E-state index contributed by atoms with van der Waals surface area (Å²) in [5.74, 6) is -0.671. The number of thioether (sulfide) groups is 1. The zero-order chi connectivity index (χ0) is 19.3. The molecule has 0 unspecified atom stereocenters. The fourth-order valence-electron chi connectivity index (χ4n) is 2.31. The van der Waals surface area contributed by atoms with Crippen LogP contribution in [0.15, 0.2) is 29.2 Å². The van der Waals surface area contributed by atoms with Crippen molar-refractivity contribution >= 4 is 45.9 Å². The number of carbonyl (C=O) groups excluding carboxylic acids is 3. The molecule has 1 amide bonds. The van der Waals surface area contributed by atoms with Crippen LogP contribution in [0.3, 0.4) is 0 Å². The standard InChI is InChI=1S/C18H19NO5S2/c1-5-25-12-8-6-7-11(9-12)15(20)19-16-13(17(21)23-3)10(2)14(26-16)18(22)24-4/h6-9H,5H2,1-4H3,(H,19,20). The molecule has 2 rings (SSSR count). The van der Waals surface area contributed by atoms with E-state index in [1.807, 2.05) is 13.0 Å². The Balaban J connectivity index is 2.38. The largest absolute Gasteiger partial charge is 0.465 e. The van der Waals surface area contributed by atoms with Crippen LogP contribution in [0.4, 0.5) is 5.00 Å². The molecule has 0 saturated carbocycles. The zero-order valence-electron chi connectivity index (χ0n) is 14.9. The molecule has 1 N–H and O–H groups in total. The van der Waals surface area contributed by atoms with E-state index in [4.69, 9.17) is 9.47 Å². The van der Waals surface area contributed by atoms with Crippen LogP contribution in [0.1, 0.15) is 42.9 Å². The number of benzene rings is 1. The third-order valence-electron chi connectivity index (χ3n) is 3.54. The van der Waals surface area contributed by atoms with Gasteiger partial charge in [0.1, 0.15) is 9.88 Å². The highest BCUT2D eigenvalue weighted by Gasteiger charge is 2.27. The third kappa shape index (κ3) is 4.25. The smallest absolute Gasteiger partial charge is 0.348 e. The summed E-state index contributed by atoms with van der Waals surface area (Å²) in [7, 11) is 2.50. The van der Waals surface area contributed by atoms with E-state index < -0.39 is 11.9 Å². The molecular formula is C18H19NO5S2. The van der Waals surface area contributed by atoms with Crippen molar-refractivity contribution in [3.63, 3.8) is 0 Å². The number of amides is 1. The van der Waals surface area contributed by atoms with Gasteiger partial charge in [-0.15, -0.1) is 23.1 Å². The Hall–Kier alpha value is -2.32. The number of nitrogens with one attached hydrogen (secondary N) is 1. The molecule has 0 bridgehead atoms. The van der Waals surface area contributed by atoms with Crippen molar-refractivity contribution in [1.82, 2.24) is 0 Å². The van der Waals surface area contributed by atoms with Crippen LogP contribution in [0.25, 0.3) is 0 Å². The van der Waals surface area contributed by atoms with E-state index in [0.717, 1.165) is 22.0 Å². The topological polar surface area (TPSA) is 81.7 Å². The Kier molecular flexibility index (Phi) is 6.82. The van der Waals surface area contributed by atoms with Crippen molar-refractivity contribution < 1.29 is 23.9 Å². The minimum Gasteiger partial charge on any atom is -0.465 e. The maximum Gasteiger partial charge on any atom is 0.348 e. The summed E-state index contributed by atoms with van der Waals surface area (Å²) < 4.78 is 9.52. The average Bonchev–Trinajstić information content (AvgIpc) is 2.97. The van der Waals surface area contributed by atoms with Crippen molar-refractivity contribution in [2.75, 3.05) is 25.3 Å². The first-order chi connectivity index (χ1) is 12.4. The first-order valence-corrected chi connectivity index (χ1v) is 9.57. The number of thiophene rings is 1. The molecule has 1 aromatic carbocycles. The van der Waals surface area contributed by atoms with Crippen molar-refractivity contribution in [2.24, 2.45) is 0 Å².